The molecule has 28 heavy (non-hydrogen) atoms. The van der Waals surface area contributed by atoms with Crippen LogP contribution in [0, 0.1) is 6.92 Å². The molecule has 0 spiro atoms. The van der Waals surface area contributed by atoms with Crippen molar-refractivity contribution in [3.8, 4) is 0 Å². The lowest BCUT2D eigenvalue weighted by Crippen LogP contribution is -2.32. The van der Waals surface area contributed by atoms with E-state index in [-0.39, 0.29) is 6.42 Å². The molecule has 0 saturated heterocycles. The highest BCUT2D eigenvalue weighted by molar-refractivity contribution is 7.83. The minimum atomic E-state index is -4.46. The quantitative estimate of drug-likeness (QED) is 0.702. The zero-order chi connectivity index (χ0) is 20.9. The van der Waals surface area contributed by atoms with Gasteiger partial charge in [0.25, 0.3) is 0 Å². The van der Waals surface area contributed by atoms with Crippen LogP contribution in [0.25, 0.3) is 0 Å². The van der Waals surface area contributed by atoms with E-state index in [4.69, 9.17) is 4.84 Å². The fourth-order valence-corrected chi connectivity index (χ4v) is 3.39. The second-order valence-corrected chi connectivity index (χ2v) is 7.39. The van der Waals surface area contributed by atoms with Gasteiger partial charge < -0.3 is 0 Å². The normalized spacial score (nSPS) is 13.8. The predicted octanol–water partition coefficient (Wildman–Crippen LogP) is 3.78. The van der Waals surface area contributed by atoms with E-state index >= 15 is 0 Å². The lowest BCUT2D eigenvalue weighted by Gasteiger charge is -2.21. The monoisotopic (exact) mass is 414 g/mol. The van der Waals surface area contributed by atoms with Crippen molar-refractivity contribution in [1.29, 1.82) is 0 Å². The Labute approximate surface area is 164 Å². The SMILES string of the molecule is CON(C)C(=O)C[C@@H](NS(=O)c1ccc(C)cc1)c1ccc(C(F)(F)F)cc1. The van der Waals surface area contributed by atoms with Crippen molar-refractivity contribution in [2.45, 2.75) is 30.5 Å². The summed E-state index contributed by atoms with van der Waals surface area (Å²) in [5.74, 6) is -0.416. The number of hydroxylamine groups is 2. The maximum Gasteiger partial charge on any atom is 0.416 e. The van der Waals surface area contributed by atoms with Crippen LogP contribution in [0.5, 0.6) is 0 Å². The summed E-state index contributed by atoms with van der Waals surface area (Å²) in [5.41, 5.74) is 0.609. The van der Waals surface area contributed by atoms with Gasteiger partial charge in [-0.05, 0) is 36.8 Å². The van der Waals surface area contributed by atoms with E-state index in [0.717, 1.165) is 22.8 Å². The minimum Gasteiger partial charge on any atom is -0.275 e. The Hall–Kier alpha value is -2.23. The first kappa shape index (κ1) is 22.1. The topological polar surface area (TPSA) is 58.6 Å². The molecule has 1 amide bonds. The van der Waals surface area contributed by atoms with E-state index in [1.165, 1.54) is 26.3 Å². The van der Waals surface area contributed by atoms with Gasteiger partial charge in [0.1, 0.15) is 11.0 Å². The molecule has 2 rings (SSSR count). The molecule has 0 heterocycles. The van der Waals surface area contributed by atoms with Gasteiger partial charge in [-0.1, -0.05) is 29.8 Å². The second kappa shape index (κ2) is 9.31. The van der Waals surface area contributed by atoms with Crippen LogP contribution < -0.4 is 4.72 Å². The Morgan fingerprint density at radius 1 is 1.14 bits per heavy atom. The van der Waals surface area contributed by atoms with Crippen LogP contribution in [-0.2, 0) is 26.8 Å². The Balaban J connectivity index is 2.27. The number of carbonyl (C=O) groups excluding carboxylic acids is 1. The van der Waals surface area contributed by atoms with Gasteiger partial charge >= 0.3 is 6.18 Å². The molecule has 0 saturated carbocycles. The Bertz CT molecular complexity index is 824. The zero-order valence-corrected chi connectivity index (χ0v) is 16.4. The third-order valence-corrected chi connectivity index (χ3v) is 5.33. The van der Waals surface area contributed by atoms with E-state index < -0.39 is 34.7 Å². The first-order chi connectivity index (χ1) is 13.1. The molecular formula is C19H21F3N2O3S. The highest BCUT2D eigenvalue weighted by Crippen LogP contribution is 2.30. The Morgan fingerprint density at radius 2 is 1.71 bits per heavy atom. The van der Waals surface area contributed by atoms with E-state index in [1.807, 2.05) is 6.92 Å². The van der Waals surface area contributed by atoms with Gasteiger partial charge in [0.05, 0.1) is 23.6 Å². The average molecular weight is 414 g/mol. The van der Waals surface area contributed by atoms with Gasteiger partial charge in [0.15, 0.2) is 0 Å². The Morgan fingerprint density at radius 3 is 2.21 bits per heavy atom. The van der Waals surface area contributed by atoms with Gasteiger partial charge in [-0.25, -0.2) is 14.0 Å². The van der Waals surface area contributed by atoms with Crippen LogP contribution in [0.1, 0.15) is 29.2 Å². The number of amides is 1. The highest BCUT2D eigenvalue weighted by Gasteiger charge is 2.30. The third-order valence-electron chi connectivity index (χ3n) is 4.13. The van der Waals surface area contributed by atoms with Crippen LogP contribution in [-0.4, -0.2) is 29.3 Å². The van der Waals surface area contributed by atoms with E-state index in [2.05, 4.69) is 4.72 Å². The molecule has 0 aromatic heterocycles. The number of alkyl halides is 3. The molecule has 0 fully saturated rings. The van der Waals surface area contributed by atoms with Crippen molar-refractivity contribution in [3.05, 3.63) is 65.2 Å². The maximum atomic E-state index is 12.8. The molecular weight excluding hydrogens is 393 g/mol. The molecule has 2 aromatic carbocycles. The summed E-state index contributed by atoms with van der Waals surface area (Å²) in [7, 11) is 1.08. The number of rotatable bonds is 7. The number of carbonyl (C=O) groups is 1. The van der Waals surface area contributed by atoms with Crippen LogP contribution in [0.4, 0.5) is 13.2 Å². The summed E-state index contributed by atoms with van der Waals surface area (Å²) in [6.45, 7) is 1.89. The molecule has 2 aromatic rings. The molecule has 1 N–H and O–H groups in total. The van der Waals surface area contributed by atoms with Gasteiger partial charge in [0.2, 0.25) is 5.91 Å². The molecule has 2 atom stereocenters. The summed E-state index contributed by atoms with van der Waals surface area (Å²) in [6.07, 6.45) is -4.61. The number of nitrogens with one attached hydrogen (secondary N) is 1. The van der Waals surface area contributed by atoms with Crippen LogP contribution in [0.3, 0.4) is 0 Å². The van der Waals surface area contributed by atoms with E-state index in [9.17, 15) is 22.2 Å². The molecule has 0 radical (unpaired) electrons. The largest absolute Gasteiger partial charge is 0.416 e. The molecule has 1 unspecified atom stereocenters. The first-order valence-corrected chi connectivity index (χ1v) is 9.49. The summed E-state index contributed by atoms with van der Waals surface area (Å²) in [5, 5.41) is 1.01. The smallest absolute Gasteiger partial charge is 0.275 e. The molecule has 0 bridgehead atoms. The van der Waals surface area contributed by atoms with Crippen molar-refractivity contribution >= 4 is 16.9 Å². The maximum absolute atomic E-state index is 12.8. The molecule has 152 valence electrons. The lowest BCUT2D eigenvalue weighted by atomic mass is 10.0. The van der Waals surface area contributed by atoms with Gasteiger partial charge in [0, 0.05) is 13.5 Å². The lowest BCUT2D eigenvalue weighted by molar-refractivity contribution is -0.169. The standard InChI is InChI=1S/C19H21F3N2O3S/c1-13-4-10-16(11-5-13)28(26)23-17(12-18(25)24(2)27-3)14-6-8-15(9-7-14)19(20,21)22/h4-11,17,23H,12H2,1-3H3/t17-,28?/m1/s1. The number of benzene rings is 2. The van der Waals surface area contributed by atoms with Crippen molar-refractivity contribution in [3.63, 3.8) is 0 Å². The first-order valence-electron chi connectivity index (χ1n) is 8.34. The molecule has 5 nitrogen and oxygen atoms in total. The van der Waals surface area contributed by atoms with Crippen molar-refractivity contribution in [1.82, 2.24) is 9.79 Å². The van der Waals surface area contributed by atoms with Crippen molar-refractivity contribution < 1.29 is 27.0 Å². The Kier molecular flexibility index (Phi) is 7.34. The van der Waals surface area contributed by atoms with E-state index in [1.54, 1.807) is 24.3 Å². The number of halogens is 3. The molecule has 0 aliphatic rings. The molecule has 0 aliphatic carbocycles. The summed E-state index contributed by atoms with van der Waals surface area (Å²) < 4.78 is 53.9. The van der Waals surface area contributed by atoms with Crippen molar-refractivity contribution in [2.75, 3.05) is 14.2 Å². The number of hydrogen-bond acceptors (Lipinski definition) is 3. The number of aryl methyl sites for hydroxylation is 1. The fraction of sp³-hybridized carbons (Fsp3) is 0.316. The van der Waals surface area contributed by atoms with Gasteiger partial charge in [-0.15, -0.1) is 0 Å². The van der Waals surface area contributed by atoms with Crippen molar-refractivity contribution in [2.24, 2.45) is 0 Å². The zero-order valence-electron chi connectivity index (χ0n) is 15.6. The van der Waals surface area contributed by atoms with E-state index in [0.29, 0.717) is 10.5 Å². The fourth-order valence-electron chi connectivity index (χ4n) is 2.40. The third kappa shape index (κ3) is 5.88. The van der Waals surface area contributed by atoms with Crippen LogP contribution in [0.2, 0.25) is 0 Å². The molecule has 0 aliphatic heterocycles. The second-order valence-electron chi connectivity index (χ2n) is 6.15. The summed E-state index contributed by atoms with van der Waals surface area (Å²) in [4.78, 5) is 17.6. The van der Waals surface area contributed by atoms with Gasteiger partial charge in [-0.3, -0.25) is 9.63 Å². The van der Waals surface area contributed by atoms with Crippen LogP contribution >= 0.6 is 0 Å². The number of nitrogens with zero attached hydrogens (tertiary/aromatic N) is 1. The average Bonchev–Trinajstić information content (AvgIpc) is 2.66. The predicted molar refractivity (Wildman–Crippen MR) is 99.3 cm³/mol. The summed E-state index contributed by atoms with van der Waals surface area (Å²) >= 11 is 0. The number of hydrogen-bond donors (Lipinski definition) is 1. The molecule has 9 heteroatoms. The minimum absolute atomic E-state index is 0.146. The highest BCUT2D eigenvalue weighted by atomic mass is 32.2. The van der Waals surface area contributed by atoms with Gasteiger partial charge in [-0.2, -0.15) is 13.2 Å². The summed E-state index contributed by atoms with van der Waals surface area (Å²) in [6, 6.07) is 10.6. The van der Waals surface area contributed by atoms with Crippen LogP contribution in [0.15, 0.2) is 53.4 Å².